The van der Waals surface area contributed by atoms with Crippen molar-refractivity contribution in [2.24, 2.45) is 0 Å². The first-order chi connectivity index (χ1) is 14.7. The highest BCUT2D eigenvalue weighted by molar-refractivity contribution is 7.92. The van der Waals surface area contributed by atoms with Crippen LogP contribution >= 0.6 is 11.6 Å². The number of hydrogen-bond acceptors (Lipinski definition) is 5. The highest BCUT2D eigenvalue weighted by atomic mass is 35.5. The van der Waals surface area contributed by atoms with Gasteiger partial charge in [0, 0.05) is 0 Å². The van der Waals surface area contributed by atoms with Crippen LogP contribution in [0.4, 0.5) is 14.5 Å². The number of nitrogens with one attached hydrogen (secondary N) is 1. The molecule has 0 unspecified atom stereocenters. The maximum absolute atomic E-state index is 14.5. The molecule has 3 aromatic carbocycles. The van der Waals surface area contributed by atoms with Crippen LogP contribution in [0.2, 0.25) is 5.02 Å². The van der Waals surface area contributed by atoms with Crippen molar-refractivity contribution >= 4 is 33.3 Å². The molecule has 160 valence electrons. The lowest BCUT2D eigenvalue weighted by Gasteiger charge is -2.15. The summed E-state index contributed by atoms with van der Waals surface area (Å²) in [7, 11) is -3.35. The number of carbonyl (C=O) groups excluding carboxylic acids is 1. The zero-order chi connectivity index (χ0) is 22.3. The van der Waals surface area contributed by atoms with Gasteiger partial charge in [-0.1, -0.05) is 35.9 Å². The number of benzene rings is 3. The molecule has 6 nitrogen and oxygen atoms in total. The van der Waals surface area contributed by atoms with E-state index in [2.05, 4.69) is 0 Å². The lowest BCUT2D eigenvalue weighted by Crippen LogP contribution is -2.17. The third-order valence-corrected chi connectivity index (χ3v) is 6.35. The first kappa shape index (κ1) is 21.1. The summed E-state index contributed by atoms with van der Waals surface area (Å²) in [6, 6.07) is 10.9. The van der Waals surface area contributed by atoms with E-state index in [1.165, 1.54) is 13.2 Å². The molecule has 31 heavy (non-hydrogen) atoms. The summed E-state index contributed by atoms with van der Waals surface area (Å²) in [4.78, 5) is 12.1. The van der Waals surface area contributed by atoms with Crippen molar-refractivity contribution < 1.29 is 31.5 Å². The number of methoxy groups -OCH3 is 1. The fraction of sp³-hybridized carbons (Fsp3) is 0.0952. The second-order valence-corrected chi connectivity index (χ2v) is 8.71. The van der Waals surface area contributed by atoms with E-state index < -0.39 is 38.2 Å². The van der Waals surface area contributed by atoms with Gasteiger partial charge < -0.3 is 9.47 Å². The summed E-state index contributed by atoms with van der Waals surface area (Å²) in [5.74, 6) is -3.73. The van der Waals surface area contributed by atoms with Gasteiger partial charge in [0.15, 0.2) is 17.4 Å². The molecule has 4 bridgehead atoms. The second kappa shape index (κ2) is 7.82. The van der Waals surface area contributed by atoms with E-state index in [0.717, 1.165) is 18.2 Å². The lowest BCUT2D eigenvalue weighted by atomic mass is 9.99. The Morgan fingerprint density at radius 1 is 1.10 bits per heavy atom. The number of fused-ring (bicyclic) bond motifs is 6. The number of ether oxygens (including phenoxy) is 2. The number of rotatable bonds is 1. The summed E-state index contributed by atoms with van der Waals surface area (Å²) in [6.07, 6.45) is 0. The van der Waals surface area contributed by atoms with Gasteiger partial charge in [0.25, 0.3) is 10.0 Å². The highest BCUT2D eigenvalue weighted by Gasteiger charge is 2.27. The van der Waals surface area contributed by atoms with Crippen LogP contribution in [0.3, 0.4) is 0 Å². The number of carbonyl (C=O) groups is 1. The van der Waals surface area contributed by atoms with Crippen LogP contribution in [-0.4, -0.2) is 21.5 Å². The number of hydrogen-bond donors (Lipinski definition) is 1. The Hall–Kier alpha value is -3.17. The molecule has 0 atom stereocenters. The average Bonchev–Trinajstić information content (AvgIpc) is 2.74. The molecular weight excluding hydrogens is 452 g/mol. The molecule has 0 saturated heterocycles. The number of sulfonamides is 1. The van der Waals surface area contributed by atoms with Crippen molar-refractivity contribution in [3.63, 3.8) is 0 Å². The lowest BCUT2D eigenvalue weighted by molar-refractivity contribution is 0.0473. The minimum absolute atomic E-state index is 0.152. The van der Waals surface area contributed by atoms with Crippen molar-refractivity contribution in [2.45, 2.75) is 11.5 Å². The first-order valence-corrected chi connectivity index (χ1v) is 10.7. The topological polar surface area (TPSA) is 81.7 Å². The number of cyclic esters (lactones) is 1. The standard InChI is InChI=1S/C21H14ClF2NO5S/c1-29-20-15(22)6-13-9-18(20)31(27,28)25-17-8-12(7-16(23)19(17)24)14-5-3-2-4-11(14)10-30-21(13)26/h2-9,25H,10H2,1H3. The Labute approximate surface area is 181 Å². The van der Waals surface area contributed by atoms with Crippen LogP contribution in [-0.2, 0) is 21.4 Å². The van der Waals surface area contributed by atoms with Crippen molar-refractivity contribution in [2.75, 3.05) is 11.8 Å². The molecular formula is C21H14ClF2NO5S. The molecule has 1 heterocycles. The van der Waals surface area contributed by atoms with Crippen molar-refractivity contribution in [3.05, 3.63) is 76.3 Å². The van der Waals surface area contributed by atoms with Crippen molar-refractivity contribution in [1.82, 2.24) is 0 Å². The van der Waals surface area contributed by atoms with Crippen LogP contribution < -0.4 is 9.46 Å². The molecule has 1 aliphatic rings. The minimum Gasteiger partial charge on any atom is -0.494 e. The average molecular weight is 466 g/mol. The third-order valence-electron chi connectivity index (χ3n) is 4.70. The molecule has 0 saturated carbocycles. The van der Waals surface area contributed by atoms with Gasteiger partial charge in [0.2, 0.25) is 0 Å². The largest absolute Gasteiger partial charge is 0.494 e. The SMILES string of the molecule is COc1c(Cl)cc2cc1S(=O)(=O)Nc1cc(cc(F)c1F)-c1ccccc1COC2=O. The monoisotopic (exact) mass is 465 g/mol. The molecule has 0 amide bonds. The van der Waals surface area contributed by atoms with Gasteiger partial charge in [-0.2, -0.15) is 0 Å². The molecule has 1 N–H and O–H groups in total. The van der Waals surface area contributed by atoms with E-state index in [4.69, 9.17) is 21.1 Å². The summed E-state index contributed by atoms with van der Waals surface area (Å²) < 4.78 is 67.3. The van der Waals surface area contributed by atoms with Gasteiger partial charge >= 0.3 is 5.97 Å². The van der Waals surface area contributed by atoms with Crippen LogP contribution in [0.15, 0.2) is 53.4 Å². The molecule has 0 fully saturated rings. The van der Waals surface area contributed by atoms with Crippen LogP contribution in [0.1, 0.15) is 15.9 Å². The Bertz CT molecular complexity index is 1330. The van der Waals surface area contributed by atoms with E-state index in [1.807, 2.05) is 4.72 Å². The van der Waals surface area contributed by atoms with Crippen LogP contribution in [0.5, 0.6) is 5.75 Å². The number of esters is 1. The maximum atomic E-state index is 14.5. The Morgan fingerprint density at radius 3 is 2.58 bits per heavy atom. The molecule has 3 aromatic rings. The molecule has 0 radical (unpaired) electrons. The van der Waals surface area contributed by atoms with Gasteiger partial charge in [0.1, 0.15) is 11.5 Å². The molecule has 10 heteroatoms. The molecule has 1 aliphatic heterocycles. The zero-order valence-corrected chi connectivity index (χ0v) is 17.5. The fourth-order valence-electron chi connectivity index (χ4n) is 3.26. The Morgan fingerprint density at radius 2 is 1.84 bits per heavy atom. The molecule has 4 rings (SSSR count). The van der Waals surface area contributed by atoms with E-state index in [1.54, 1.807) is 24.3 Å². The normalized spacial score (nSPS) is 14.8. The second-order valence-electron chi connectivity index (χ2n) is 6.65. The smallest absolute Gasteiger partial charge is 0.338 e. The number of halogens is 3. The summed E-state index contributed by atoms with van der Waals surface area (Å²) in [5.41, 5.74) is 0.381. The number of anilines is 1. The van der Waals surface area contributed by atoms with Crippen LogP contribution in [0.25, 0.3) is 11.1 Å². The molecule has 0 spiro atoms. The van der Waals surface area contributed by atoms with Crippen molar-refractivity contribution in [3.8, 4) is 16.9 Å². The van der Waals surface area contributed by atoms with Gasteiger partial charge in [0.05, 0.1) is 23.4 Å². The first-order valence-electron chi connectivity index (χ1n) is 8.86. The fourth-order valence-corrected chi connectivity index (χ4v) is 4.88. The predicted molar refractivity (Wildman–Crippen MR) is 110 cm³/mol. The summed E-state index contributed by atoms with van der Waals surface area (Å²) in [6.45, 7) is -0.192. The van der Waals surface area contributed by atoms with Gasteiger partial charge in [-0.3, -0.25) is 4.72 Å². The summed E-state index contributed by atoms with van der Waals surface area (Å²) >= 11 is 6.11. The predicted octanol–water partition coefficient (Wildman–Crippen LogP) is 4.77. The maximum Gasteiger partial charge on any atom is 0.338 e. The zero-order valence-electron chi connectivity index (χ0n) is 15.9. The highest BCUT2D eigenvalue weighted by Crippen LogP contribution is 2.37. The van der Waals surface area contributed by atoms with Crippen LogP contribution in [0, 0.1) is 11.6 Å². The van der Waals surface area contributed by atoms with Gasteiger partial charge in [-0.25, -0.2) is 22.0 Å². The van der Waals surface area contributed by atoms with Gasteiger partial charge in [-0.05, 0) is 41.0 Å². The van der Waals surface area contributed by atoms with E-state index in [0.29, 0.717) is 11.1 Å². The van der Waals surface area contributed by atoms with E-state index in [9.17, 15) is 22.0 Å². The van der Waals surface area contributed by atoms with Crippen molar-refractivity contribution in [1.29, 1.82) is 0 Å². The Balaban J connectivity index is 2.02. The molecule has 0 aromatic heterocycles. The quantitative estimate of drug-likeness (QED) is 0.524. The minimum atomic E-state index is -4.54. The van der Waals surface area contributed by atoms with E-state index >= 15 is 0 Å². The van der Waals surface area contributed by atoms with E-state index in [-0.39, 0.29) is 28.5 Å². The van der Waals surface area contributed by atoms with Gasteiger partial charge in [-0.15, -0.1) is 0 Å². The Kier molecular flexibility index (Phi) is 5.32. The summed E-state index contributed by atoms with van der Waals surface area (Å²) in [5, 5.41) is -0.173. The third kappa shape index (κ3) is 3.82. The molecule has 0 aliphatic carbocycles.